The molecule has 2 N–H and O–H groups in total. The summed E-state index contributed by atoms with van der Waals surface area (Å²) in [5, 5.41) is 19.6. The van der Waals surface area contributed by atoms with E-state index in [1.807, 2.05) is 16.8 Å². The lowest BCUT2D eigenvalue weighted by atomic mass is 10.3. The number of hydrogen-bond acceptors (Lipinski definition) is 6. The van der Waals surface area contributed by atoms with Gasteiger partial charge in [-0.1, -0.05) is 0 Å². The molecule has 3 aromatic rings. The van der Waals surface area contributed by atoms with E-state index in [9.17, 15) is 9.59 Å². The van der Waals surface area contributed by atoms with Crippen molar-refractivity contribution in [2.75, 3.05) is 5.32 Å². The molecule has 0 fully saturated rings. The molecule has 3 rings (SSSR count). The minimum Gasteiger partial charge on any atom is -0.477 e. The Bertz CT molecular complexity index is 789. The first-order valence-corrected chi connectivity index (χ1v) is 8.45. The highest BCUT2D eigenvalue weighted by Gasteiger charge is 2.17. The molecule has 0 aliphatic carbocycles. The van der Waals surface area contributed by atoms with Gasteiger partial charge in [0, 0.05) is 16.3 Å². The summed E-state index contributed by atoms with van der Waals surface area (Å²) in [6, 6.07) is 3.50. The smallest absolute Gasteiger partial charge is 0.348 e. The van der Waals surface area contributed by atoms with Gasteiger partial charge in [-0.15, -0.1) is 22.7 Å². The molecule has 0 aliphatic rings. The Balaban J connectivity index is 1.80. The van der Waals surface area contributed by atoms with Gasteiger partial charge in [0.15, 0.2) is 0 Å². The molecule has 3 heterocycles. The first-order valence-electron chi connectivity index (χ1n) is 5.75. The largest absolute Gasteiger partial charge is 0.477 e. The van der Waals surface area contributed by atoms with Crippen molar-refractivity contribution in [3.63, 3.8) is 0 Å². The van der Waals surface area contributed by atoms with Crippen molar-refractivity contribution in [3.8, 4) is 10.6 Å². The van der Waals surface area contributed by atoms with Crippen molar-refractivity contribution in [1.29, 1.82) is 0 Å². The summed E-state index contributed by atoms with van der Waals surface area (Å²) < 4.78 is 0. The van der Waals surface area contributed by atoms with Gasteiger partial charge >= 0.3 is 5.97 Å². The summed E-state index contributed by atoms with van der Waals surface area (Å²) in [4.78, 5) is 27.5. The summed E-state index contributed by atoms with van der Waals surface area (Å²) in [7, 11) is 0. The van der Waals surface area contributed by atoms with Crippen LogP contribution < -0.4 is 5.32 Å². The zero-order chi connectivity index (χ0) is 14.8. The number of amides is 1. The van der Waals surface area contributed by atoms with E-state index in [0.29, 0.717) is 5.69 Å². The number of nitrogens with zero attached hydrogens (tertiary/aromatic N) is 1. The normalized spacial score (nSPS) is 10.5. The van der Waals surface area contributed by atoms with Crippen molar-refractivity contribution >= 4 is 51.6 Å². The monoisotopic (exact) mass is 336 g/mol. The van der Waals surface area contributed by atoms with Gasteiger partial charge in [0.05, 0.1) is 5.69 Å². The number of thiophene rings is 2. The van der Waals surface area contributed by atoms with Gasteiger partial charge < -0.3 is 10.4 Å². The molecule has 0 bridgehead atoms. The lowest BCUT2D eigenvalue weighted by molar-refractivity contribution is 0.0703. The lowest BCUT2D eigenvalue weighted by Gasteiger charge is -2.01. The van der Waals surface area contributed by atoms with Gasteiger partial charge in [-0.2, -0.15) is 11.3 Å². The highest BCUT2D eigenvalue weighted by molar-refractivity contribution is 7.14. The van der Waals surface area contributed by atoms with E-state index < -0.39 is 11.9 Å². The van der Waals surface area contributed by atoms with Crippen LogP contribution in [-0.4, -0.2) is 22.0 Å². The van der Waals surface area contributed by atoms with E-state index in [0.717, 1.165) is 21.9 Å². The van der Waals surface area contributed by atoms with Crippen LogP contribution in [0, 0.1) is 0 Å². The maximum Gasteiger partial charge on any atom is 0.348 e. The molecule has 8 heteroatoms. The molecule has 0 saturated heterocycles. The summed E-state index contributed by atoms with van der Waals surface area (Å²) in [6.45, 7) is 0. The molecule has 3 aromatic heterocycles. The average molecular weight is 336 g/mol. The number of hydrogen-bond donors (Lipinski definition) is 2. The minimum atomic E-state index is -1.06. The van der Waals surface area contributed by atoms with Crippen LogP contribution in [0.1, 0.15) is 20.2 Å². The number of rotatable bonds is 4. The van der Waals surface area contributed by atoms with Crippen LogP contribution in [0.25, 0.3) is 10.6 Å². The van der Waals surface area contributed by atoms with Gasteiger partial charge in [-0.25, -0.2) is 9.78 Å². The number of aromatic carboxylic acids is 1. The van der Waals surface area contributed by atoms with Crippen molar-refractivity contribution in [2.24, 2.45) is 0 Å². The van der Waals surface area contributed by atoms with Crippen molar-refractivity contribution in [3.05, 3.63) is 44.2 Å². The van der Waals surface area contributed by atoms with Gasteiger partial charge in [0.1, 0.15) is 15.6 Å². The van der Waals surface area contributed by atoms with Crippen LogP contribution in [0.4, 0.5) is 5.69 Å². The van der Waals surface area contributed by atoms with Crippen molar-refractivity contribution in [2.45, 2.75) is 0 Å². The topological polar surface area (TPSA) is 79.3 Å². The SMILES string of the molecule is O=C(Nc1ccsc1C(=O)O)c1csc(-c2ccsc2)n1. The maximum atomic E-state index is 12.1. The van der Waals surface area contributed by atoms with E-state index in [2.05, 4.69) is 10.3 Å². The molecule has 0 atom stereocenters. The van der Waals surface area contributed by atoms with Crippen molar-refractivity contribution < 1.29 is 14.7 Å². The third kappa shape index (κ3) is 2.87. The van der Waals surface area contributed by atoms with Gasteiger partial charge in [-0.05, 0) is 22.9 Å². The van der Waals surface area contributed by atoms with Crippen LogP contribution in [0.3, 0.4) is 0 Å². The zero-order valence-corrected chi connectivity index (χ0v) is 12.8. The van der Waals surface area contributed by atoms with Crippen LogP contribution in [0.2, 0.25) is 0 Å². The molecule has 1 amide bonds. The van der Waals surface area contributed by atoms with E-state index in [1.54, 1.807) is 28.2 Å². The molecular formula is C13H8N2O3S3. The Labute approximate surface area is 131 Å². The first-order chi connectivity index (χ1) is 10.1. The highest BCUT2D eigenvalue weighted by atomic mass is 32.1. The second-order valence-electron chi connectivity index (χ2n) is 3.97. The number of nitrogens with one attached hydrogen (secondary N) is 1. The standard InChI is InChI=1S/C13H8N2O3S3/c16-11(14-8-2-4-20-10(8)13(17)18)9-6-21-12(15-9)7-1-3-19-5-7/h1-6H,(H,14,16)(H,17,18). The third-order valence-corrected chi connectivity index (χ3v) is 5.09. The molecule has 21 heavy (non-hydrogen) atoms. The number of carboxylic acid groups (broad SMARTS) is 1. The Morgan fingerprint density at radius 3 is 2.71 bits per heavy atom. The molecule has 0 spiro atoms. The summed E-state index contributed by atoms with van der Waals surface area (Å²) >= 11 is 4.01. The van der Waals surface area contributed by atoms with E-state index in [1.165, 1.54) is 11.3 Å². The van der Waals surface area contributed by atoms with Gasteiger partial charge in [0.25, 0.3) is 5.91 Å². The maximum absolute atomic E-state index is 12.1. The summed E-state index contributed by atoms with van der Waals surface area (Å²) in [5.41, 5.74) is 1.55. The van der Waals surface area contributed by atoms with E-state index in [-0.39, 0.29) is 10.6 Å². The second kappa shape index (κ2) is 5.76. The van der Waals surface area contributed by atoms with E-state index in [4.69, 9.17) is 5.11 Å². The van der Waals surface area contributed by atoms with E-state index >= 15 is 0 Å². The average Bonchev–Trinajstić information content (AvgIpc) is 3.19. The first kappa shape index (κ1) is 13.9. The number of thiazole rings is 1. The molecule has 5 nitrogen and oxygen atoms in total. The summed E-state index contributed by atoms with van der Waals surface area (Å²) in [6.07, 6.45) is 0. The van der Waals surface area contributed by atoms with Crippen LogP contribution in [0.15, 0.2) is 33.7 Å². The molecule has 0 aliphatic heterocycles. The Morgan fingerprint density at radius 2 is 2.00 bits per heavy atom. The van der Waals surface area contributed by atoms with Crippen LogP contribution in [-0.2, 0) is 0 Å². The molecule has 106 valence electrons. The molecule has 0 aromatic carbocycles. The van der Waals surface area contributed by atoms with Crippen LogP contribution >= 0.6 is 34.0 Å². The predicted molar refractivity (Wildman–Crippen MR) is 84.7 cm³/mol. The number of carboxylic acids is 1. The number of carbonyl (C=O) groups excluding carboxylic acids is 1. The lowest BCUT2D eigenvalue weighted by Crippen LogP contribution is -2.13. The minimum absolute atomic E-state index is 0.108. The molecule has 0 radical (unpaired) electrons. The second-order valence-corrected chi connectivity index (χ2v) is 6.53. The Morgan fingerprint density at radius 1 is 1.14 bits per heavy atom. The van der Waals surface area contributed by atoms with Gasteiger partial charge in [-0.3, -0.25) is 4.79 Å². The predicted octanol–water partition coefficient (Wildman–Crippen LogP) is 3.88. The van der Waals surface area contributed by atoms with Gasteiger partial charge in [0.2, 0.25) is 0 Å². The molecule has 0 saturated carbocycles. The quantitative estimate of drug-likeness (QED) is 0.757. The fourth-order valence-corrected chi connectivity index (χ4v) is 3.86. The van der Waals surface area contributed by atoms with Crippen molar-refractivity contribution in [1.82, 2.24) is 4.98 Å². The Kier molecular flexibility index (Phi) is 3.82. The molecular weight excluding hydrogens is 328 g/mol. The summed E-state index contributed by atoms with van der Waals surface area (Å²) in [5.74, 6) is -1.47. The number of carbonyl (C=O) groups is 2. The number of anilines is 1. The fourth-order valence-electron chi connectivity index (χ4n) is 1.66. The Hall–Kier alpha value is -2.03. The fraction of sp³-hybridized carbons (Fsp3) is 0. The van der Waals surface area contributed by atoms with Crippen LogP contribution in [0.5, 0.6) is 0 Å². The third-order valence-electron chi connectivity index (χ3n) is 2.61. The number of aromatic nitrogens is 1. The molecule has 0 unspecified atom stereocenters. The zero-order valence-electron chi connectivity index (χ0n) is 10.4. The highest BCUT2D eigenvalue weighted by Crippen LogP contribution is 2.27.